The first-order valence-corrected chi connectivity index (χ1v) is 11.8. The van der Waals surface area contributed by atoms with Crippen molar-refractivity contribution >= 4 is 37.5 Å². The predicted molar refractivity (Wildman–Crippen MR) is 123 cm³/mol. The van der Waals surface area contributed by atoms with Gasteiger partial charge in [0.25, 0.3) is 10.0 Å². The van der Waals surface area contributed by atoms with E-state index >= 15 is 0 Å². The Kier molecular flexibility index (Phi) is 7.12. The summed E-state index contributed by atoms with van der Waals surface area (Å²) in [6.07, 6.45) is 0. The van der Waals surface area contributed by atoms with Crippen molar-refractivity contribution in [3.63, 3.8) is 0 Å². The van der Waals surface area contributed by atoms with E-state index in [1.54, 1.807) is 55.5 Å². The van der Waals surface area contributed by atoms with Gasteiger partial charge < -0.3 is 5.32 Å². The van der Waals surface area contributed by atoms with Gasteiger partial charge >= 0.3 is 0 Å². The van der Waals surface area contributed by atoms with Crippen LogP contribution in [0.25, 0.3) is 0 Å². The number of hydrogen-bond acceptors (Lipinski definition) is 3. The molecule has 0 radical (unpaired) electrons. The molecule has 0 fully saturated rings. The number of hydrogen-bond donors (Lipinski definition) is 1. The van der Waals surface area contributed by atoms with Gasteiger partial charge in [-0.25, -0.2) is 12.8 Å². The van der Waals surface area contributed by atoms with Crippen molar-refractivity contribution < 1.29 is 17.6 Å². The number of carbonyl (C=O) groups excluding carboxylic acids is 1. The molecule has 1 amide bonds. The van der Waals surface area contributed by atoms with E-state index in [1.165, 1.54) is 24.3 Å². The number of benzene rings is 3. The van der Waals surface area contributed by atoms with Crippen molar-refractivity contribution in [2.24, 2.45) is 0 Å². The highest BCUT2D eigenvalue weighted by Crippen LogP contribution is 2.25. The minimum Gasteiger partial charge on any atom is -0.348 e. The van der Waals surface area contributed by atoms with Crippen LogP contribution in [0.4, 0.5) is 10.1 Å². The fraction of sp³-hybridized carbons (Fsp3) is 0.174. The van der Waals surface area contributed by atoms with Crippen LogP contribution in [0.3, 0.4) is 0 Å². The van der Waals surface area contributed by atoms with E-state index in [2.05, 4.69) is 21.2 Å². The highest BCUT2D eigenvalue weighted by molar-refractivity contribution is 9.10. The normalized spacial score (nSPS) is 12.3. The second-order valence-electron chi connectivity index (χ2n) is 7.14. The molecule has 3 aromatic carbocycles. The Morgan fingerprint density at radius 1 is 1.00 bits per heavy atom. The topological polar surface area (TPSA) is 66.5 Å². The lowest BCUT2D eigenvalue weighted by Crippen LogP contribution is -2.41. The smallest absolute Gasteiger partial charge is 0.264 e. The lowest BCUT2D eigenvalue weighted by molar-refractivity contribution is -0.120. The van der Waals surface area contributed by atoms with Gasteiger partial charge in [-0.1, -0.05) is 45.8 Å². The Morgan fingerprint density at radius 2 is 1.58 bits per heavy atom. The minimum absolute atomic E-state index is 0.0976. The molecule has 5 nitrogen and oxygen atoms in total. The first-order valence-electron chi connectivity index (χ1n) is 9.56. The van der Waals surface area contributed by atoms with Crippen LogP contribution < -0.4 is 9.62 Å². The fourth-order valence-corrected chi connectivity index (χ4v) is 4.70. The number of anilines is 1. The number of rotatable bonds is 7. The molecule has 0 saturated heterocycles. The van der Waals surface area contributed by atoms with Crippen LogP contribution in [-0.4, -0.2) is 20.9 Å². The number of halogens is 2. The molecular formula is C23H22BrFN2O3S. The van der Waals surface area contributed by atoms with Crippen molar-refractivity contribution in [2.75, 3.05) is 10.8 Å². The summed E-state index contributed by atoms with van der Waals surface area (Å²) in [6, 6.07) is 18.5. The van der Waals surface area contributed by atoms with Crippen LogP contribution in [0.2, 0.25) is 0 Å². The molecule has 0 aliphatic carbocycles. The number of carbonyl (C=O) groups is 1. The summed E-state index contributed by atoms with van der Waals surface area (Å²) in [5.41, 5.74) is 2.01. The first kappa shape index (κ1) is 23.0. The molecule has 31 heavy (non-hydrogen) atoms. The van der Waals surface area contributed by atoms with Gasteiger partial charge in [0.15, 0.2) is 0 Å². The fourth-order valence-electron chi connectivity index (χ4n) is 3.01. The molecule has 1 unspecified atom stereocenters. The lowest BCUT2D eigenvalue weighted by atomic mass is 10.1. The van der Waals surface area contributed by atoms with Crippen molar-refractivity contribution in [2.45, 2.75) is 24.8 Å². The van der Waals surface area contributed by atoms with Crippen LogP contribution in [-0.2, 0) is 14.8 Å². The summed E-state index contributed by atoms with van der Waals surface area (Å²) >= 11 is 3.34. The van der Waals surface area contributed by atoms with E-state index in [1.807, 2.05) is 6.92 Å². The molecule has 0 bridgehead atoms. The van der Waals surface area contributed by atoms with Gasteiger partial charge in [-0.3, -0.25) is 9.10 Å². The molecule has 0 aromatic heterocycles. The third-order valence-electron chi connectivity index (χ3n) is 4.76. The number of aryl methyl sites for hydroxylation is 1. The van der Waals surface area contributed by atoms with Gasteiger partial charge in [0, 0.05) is 4.47 Å². The maximum atomic E-state index is 13.4. The van der Waals surface area contributed by atoms with Crippen LogP contribution >= 0.6 is 15.9 Å². The highest BCUT2D eigenvalue weighted by Gasteiger charge is 2.27. The molecule has 1 N–H and O–H groups in total. The minimum atomic E-state index is -3.98. The van der Waals surface area contributed by atoms with Crippen LogP contribution in [0, 0.1) is 12.7 Å². The second-order valence-corrected chi connectivity index (χ2v) is 9.92. The second kappa shape index (κ2) is 9.62. The van der Waals surface area contributed by atoms with Crippen LogP contribution in [0.1, 0.15) is 24.1 Å². The third kappa shape index (κ3) is 5.71. The van der Waals surface area contributed by atoms with E-state index in [4.69, 9.17) is 0 Å². The van der Waals surface area contributed by atoms with E-state index < -0.39 is 28.5 Å². The summed E-state index contributed by atoms with van der Waals surface area (Å²) in [4.78, 5) is 12.9. The van der Waals surface area contributed by atoms with Crippen molar-refractivity contribution in [3.05, 3.63) is 94.2 Å². The summed E-state index contributed by atoms with van der Waals surface area (Å²) in [5.74, 6) is -0.844. The summed E-state index contributed by atoms with van der Waals surface area (Å²) < 4.78 is 41.7. The zero-order valence-electron chi connectivity index (χ0n) is 17.0. The first-order chi connectivity index (χ1) is 14.7. The van der Waals surface area contributed by atoms with Crippen LogP contribution in [0.5, 0.6) is 0 Å². The quantitative estimate of drug-likeness (QED) is 0.493. The maximum Gasteiger partial charge on any atom is 0.264 e. The van der Waals surface area contributed by atoms with Crippen molar-refractivity contribution in [1.82, 2.24) is 5.32 Å². The zero-order valence-corrected chi connectivity index (χ0v) is 19.5. The van der Waals surface area contributed by atoms with Gasteiger partial charge in [-0.2, -0.15) is 0 Å². The molecule has 0 saturated carbocycles. The van der Waals surface area contributed by atoms with Gasteiger partial charge in [0.1, 0.15) is 12.4 Å². The van der Waals surface area contributed by atoms with E-state index in [9.17, 15) is 17.6 Å². The largest absolute Gasteiger partial charge is 0.348 e. The molecule has 0 heterocycles. The number of amides is 1. The highest BCUT2D eigenvalue weighted by atomic mass is 79.9. The van der Waals surface area contributed by atoms with Crippen molar-refractivity contribution in [1.29, 1.82) is 0 Å². The Balaban J connectivity index is 1.87. The van der Waals surface area contributed by atoms with Gasteiger partial charge in [-0.05, 0) is 67.9 Å². The number of nitrogens with zero attached hydrogens (tertiary/aromatic N) is 1. The Hall–Kier alpha value is -2.71. The monoisotopic (exact) mass is 504 g/mol. The molecule has 0 aliphatic rings. The van der Waals surface area contributed by atoms with Gasteiger partial charge in [-0.15, -0.1) is 0 Å². The lowest BCUT2D eigenvalue weighted by Gasteiger charge is -2.25. The molecule has 162 valence electrons. The molecule has 0 spiro atoms. The van der Waals surface area contributed by atoms with E-state index in [0.29, 0.717) is 11.3 Å². The maximum absolute atomic E-state index is 13.4. The standard InChI is InChI=1S/C23H22BrFN2O3S/c1-16-3-13-22(14-4-16)31(29,30)27(21-11-7-19(24)8-12-21)15-23(28)26-17(2)18-5-9-20(25)10-6-18/h3-14,17H,15H2,1-2H3,(H,26,28). The molecule has 3 rings (SSSR count). The zero-order chi connectivity index (χ0) is 22.6. The van der Waals surface area contributed by atoms with E-state index in [0.717, 1.165) is 14.3 Å². The third-order valence-corrected chi connectivity index (χ3v) is 7.08. The molecule has 0 aliphatic heterocycles. The van der Waals surface area contributed by atoms with Gasteiger partial charge in [0.05, 0.1) is 16.6 Å². The molecule has 8 heteroatoms. The molecular weight excluding hydrogens is 483 g/mol. The van der Waals surface area contributed by atoms with Gasteiger partial charge in [0.2, 0.25) is 5.91 Å². The van der Waals surface area contributed by atoms with Crippen LogP contribution in [0.15, 0.2) is 82.2 Å². The molecule has 1 atom stereocenters. The Morgan fingerprint density at radius 3 is 2.16 bits per heavy atom. The van der Waals surface area contributed by atoms with Crippen molar-refractivity contribution in [3.8, 4) is 0 Å². The average Bonchev–Trinajstić information content (AvgIpc) is 2.73. The molecule has 3 aromatic rings. The number of nitrogens with one attached hydrogen (secondary N) is 1. The summed E-state index contributed by atoms with van der Waals surface area (Å²) in [5, 5.41) is 2.78. The Bertz CT molecular complexity index is 1150. The van der Waals surface area contributed by atoms with E-state index in [-0.39, 0.29) is 10.7 Å². The average molecular weight is 505 g/mol. The number of sulfonamides is 1. The summed E-state index contributed by atoms with van der Waals surface area (Å²) in [7, 11) is -3.98. The summed E-state index contributed by atoms with van der Waals surface area (Å²) in [6.45, 7) is 3.22. The SMILES string of the molecule is Cc1ccc(S(=O)(=O)N(CC(=O)NC(C)c2ccc(F)cc2)c2ccc(Br)cc2)cc1. The predicted octanol–water partition coefficient (Wildman–Crippen LogP) is 4.97. The Labute approximate surface area is 190 Å².